The average Bonchev–Trinajstić information content (AvgIpc) is 3.20. The summed E-state index contributed by atoms with van der Waals surface area (Å²) >= 11 is 0. The molecule has 2 amide bonds. The number of likely N-dealkylation sites (N-methyl/N-ethyl adjacent to an activating group) is 1. The fourth-order valence-corrected chi connectivity index (χ4v) is 4.40. The molecule has 4 rings (SSSR count). The number of hydrogen-bond donors (Lipinski definition) is 2. The van der Waals surface area contributed by atoms with Gasteiger partial charge in [0.2, 0.25) is 5.91 Å². The monoisotopic (exact) mass is 458 g/mol. The van der Waals surface area contributed by atoms with Gasteiger partial charge in [-0.05, 0) is 29.2 Å². The van der Waals surface area contributed by atoms with Gasteiger partial charge in [-0.15, -0.1) is 0 Å². The minimum absolute atomic E-state index is 0.0438. The van der Waals surface area contributed by atoms with E-state index in [1.807, 2.05) is 48.5 Å². The van der Waals surface area contributed by atoms with Crippen molar-refractivity contribution < 1.29 is 33.0 Å². The topological polar surface area (TPSA) is 95.9 Å². The van der Waals surface area contributed by atoms with E-state index in [4.69, 9.17) is 9.84 Å². The van der Waals surface area contributed by atoms with Crippen LogP contribution in [0.15, 0.2) is 48.5 Å². The van der Waals surface area contributed by atoms with Crippen LogP contribution >= 0.6 is 0 Å². The summed E-state index contributed by atoms with van der Waals surface area (Å²) in [6.45, 7) is 0.836. The number of halogens is 2. The molecule has 0 bridgehead atoms. The fourth-order valence-electron chi connectivity index (χ4n) is 4.40. The molecule has 0 heterocycles. The summed E-state index contributed by atoms with van der Waals surface area (Å²) in [5, 5.41) is 11.3. The van der Waals surface area contributed by atoms with Crippen molar-refractivity contribution in [2.75, 3.05) is 20.2 Å². The number of aliphatic carboxylic acids is 1. The van der Waals surface area contributed by atoms with Crippen molar-refractivity contribution in [1.29, 1.82) is 0 Å². The Morgan fingerprint density at radius 3 is 2.18 bits per heavy atom. The van der Waals surface area contributed by atoms with E-state index in [0.29, 0.717) is 0 Å². The van der Waals surface area contributed by atoms with Gasteiger partial charge in [-0.3, -0.25) is 4.79 Å². The van der Waals surface area contributed by atoms with Crippen LogP contribution in [0.4, 0.5) is 13.6 Å². The van der Waals surface area contributed by atoms with Crippen LogP contribution in [0, 0.1) is 11.8 Å². The zero-order valence-corrected chi connectivity index (χ0v) is 18.1. The largest absolute Gasteiger partial charge is 0.480 e. The highest BCUT2D eigenvalue weighted by Gasteiger charge is 2.72. The molecular formula is C24H24F2N2O5. The zero-order chi connectivity index (χ0) is 23.9. The lowest BCUT2D eigenvalue weighted by molar-refractivity contribution is -0.149. The number of carboxylic acid groups (broad SMARTS) is 1. The zero-order valence-electron chi connectivity index (χ0n) is 18.1. The number of benzene rings is 2. The van der Waals surface area contributed by atoms with Gasteiger partial charge in [0.25, 0.3) is 5.92 Å². The van der Waals surface area contributed by atoms with Crippen molar-refractivity contribution >= 4 is 18.0 Å². The first-order chi connectivity index (χ1) is 15.6. The predicted molar refractivity (Wildman–Crippen MR) is 115 cm³/mol. The first-order valence-corrected chi connectivity index (χ1v) is 10.6. The number of nitrogens with one attached hydrogen (secondary N) is 1. The van der Waals surface area contributed by atoms with Crippen LogP contribution in [-0.2, 0) is 14.3 Å². The van der Waals surface area contributed by atoms with Gasteiger partial charge in [0.1, 0.15) is 18.6 Å². The van der Waals surface area contributed by atoms with Gasteiger partial charge in [0.05, 0.1) is 5.92 Å². The molecule has 33 heavy (non-hydrogen) atoms. The Morgan fingerprint density at radius 1 is 1.09 bits per heavy atom. The van der Waals surface area contributed by atoms with Crippen molar-refractivity contribution in [3.05, 3.63) is 59.7 Å². The molecule has 9 heteroatoms. The van der Waals surface area contributed by atoms with Crippen molar-refractivity contribution in [3.8, 4) is 11.1 Å². The van der Waals surface area contributed by atoms with Gasteiger partial charge >= 0.3 is 12.1 Å². The number of fused-ring (bicyclic) bond motifs is 3. The molecular weight excluding hydrogens is 434 g/mol. The lowest BCUT2D eigenvalue weighted by Gasteiger charge is -2.21. The van der Waals surface area contributed by atoms with Gasteiger partial charge in [-0.1, -0.05) is 48.5 Å². The predicted octanol–water partition coefficient (Wildman–Crippen LogP) is 3.34. The number of carbonyl (C=O) groups is 3. The number of ether oxygens (including phenoxy) is 1. The van der Waals surface area contributed by atoms with Crippen molar-refractivity contribution in [3.63, 3.8) is 0 Å². The van der Waals surface area contributed by atoms with Crippen LogP contribution in [0.25, 0.3) is 11.1 Å². The summed E-state index contributed by atoms with van der Waals surface area (Å²) in [6, 6.07) is 14.4. The van der Waals surface area contributed by atoms with Gasteiger partial charge in [-0.2, -0.15) is 0 Å². The van der Waals surface area contributed by atoms with Crippen molar-refractivity contribution in [2.45, 2.75) is 24.8 Å². The maximum absolute atomic E-state index is 14.2. The minimum Gasteiger partial charge on any atom is -0.480 e. The number of alkyl carbamates (subject to hydrolysis) is 1. The molecule has 0 spiro atoms. The number of amides is 2. The Balaban J connectivity index is 1.33. The lowest BCUT2D eigenvalue weighted by Crippen LogP contribution is -2.42. The normalized spacial score (nSPS) is 20.8. The number of alkyl halides is 2. The maximum atomic E-state index is 14.2. The van der Waals surface area contributed by atoms with E-state index in [0.717, 1.165) is 27.2 Å². The second kappa shape index (κ2) is 8.46. The van der Waals surface area contributed by atoms with E-state index in [1.165, 1.54) is 14.0 Å². The number of hydrogen-bond acceptors (Lipinski definition) is 4. The van der Waals surface area contributed by atoms with Crippen LogP contribution in [0.2, 0.25) is 0 Å². The molecule has 1 saturated carbocycles. The van der Waals surface area contributed by atoms with Crippen molar-refractivity contribution in [1.82, 2.24) is 10.2 Å². The van der Waals surface area contributed by atoms with Crippen LogP contribution < -0.4 is 5.32 Å². The quantitative estimate of drug-likeness (QED) is 0.664. The number of carboxylic acids is 1. The summed E-state index contributed by atoms with van der Waals surface area (Å²) in [6.07, 6.45) is -0.849. The third-order valence-electron chi connectivity index (χ3n) is 6.56. The first-order valence-electron chi connectivity index (χ1n) is 10.6. The number of carbonyl (C=O) groups excluding carboxylic acids is 2. The lowest BCUT2D eigenvalue weighted by atomic mass is 9.98. The second-order valence-electron chi connectivity index (χ2n) is 8.43. The van der Waals surface area contributed by atoms with Crippen LogP contribution in [0.3, 0.4) is 0 Å². The summed E-state index contributed by atoms with van der Waals surface area (Å²) in [4.78, 5) is 36.3. The molecule has 2 aromatic rings. The molecule has 0 aliphatic heterocycles. The summed E-state index contributed by atoms with van der Waals surface area (Å²) < 4.78 is 33.7. The molecule has 2 aromatic carbocycles. The highest BCUT2D eigenvalue weighted by atomic mass is 19.3. The fraction of sp³-hybridized carbons (Fsp3) is 0.375. The molecule has 0 aromatic heterocycles. The summed E-state index contributed by atoms with van der Waals surface area (Å²) in [5.41, 5.74) is 4.20. The molecule has 0 saturated heterocycles. The molecule has 7 nitrogen and oxygen atoms in total. The van der Waals surface area contributed by atoms with Gasteiger partial charge in [-0.25, -0.2) is 18.4 Å². The summed E-state index contributed by atoms with van der Waals surface area (Å²) in [5.74, 6) is -8.81. The van der Waals surface area contributed by atoms with E-state index < -0.39 is 48.3 Å². The molecule has 2 aliphatic rings. The SMILES string of the molecule is C[C@@H](C(=O)O)N(C)C(=O)C1C(CNC(=O)OCC2c3ccccc3-c3ccccc32)C1(F)F. The smallest absolute Gasteiger partial charge is 0.407 e. The molecule has 0 radical (unpaired) electrons. The summed E-state index contributed by atoms with van der Waals surface area (Å²) in [7, 11) is 1.17. The Labute approximate surface area is 189 Å². The average molecular weight is 458 g/mol. The number of rotatable bonds is 7. The van der Waals surface area contributed by atoms with Crippen molar-refractivity contribution in [2.24, 2.45) is 11.8 Å². The van der Waals surface area contributed by atoms with Crippen LogP contribution in [-0.4, -0.2) is 60.1 Å². The molecule has 174 valence electrons. The number of nitrogens with zero attached hydrogens (tertiary/aromatic N) is 1. The van der Waals surface area contributed by atoms with Crippen LogP contribution in [0.1, 0.15) is 24.0 Å². The van der Waals surface area contributed by atoms with E-state index in [1.54, 1.807) is 0 Å². The third-order valence-corrected chi connectivity index (χ3v) is 6.56. The van der Waals surface area contributed by atoms with Gasteiger partial charge in [0, 0.05) is 19.5 Å². The van der Waals surface area contributed by atoms with Crippen LogP contribution in [0.5, 0.6) is 0 Å². The molecule has 2 aliphatic carbocycles. The first kappa shape index (κ1) is 22.7. The third kappa shape index (κ3) is 4.03. The van der Waals surface area contributed by atoms with E-state index >= 15 is 0 Å². The highest BCUT2D eigenvalue weighted by Crippen LogP contribution is 2.55. The van der Waals surface area contributed by atoms with E-state index in [-0.39, 0.29) is 12.5 Å². The van der Waals surface area contributed by atoms with E-state index in [2.05, 4.69) is 5.32 Å². The minimum atomic E-state index is -3.32. The molecule has 3 atom stereocenters. The highest BCUT2D eigenvalue weighted by molar-refractivity contribution is 5.88. The Kier molecular flexibility index (Phi) is 5.82. The Bertz CT molecular complexity index is 1060. The standard InChI is InChI=1S/C24H24F2N2O5/c1-13(22(30)31)28(2)21(29)20-19(24(20,25)26)11-27-23(32)33-12-18-16-9-5-3-7-14(16)15-8-4-6-10-17(15)18/h3-10,13,18-20H,11-12H2,1-2H3,(H,27,32)(H,30,31)/t13-,19?,20?/m0/s1. The van der Waals surface area contributed by atoms with Gasteiger partial charge in [0.15, 0.2) is 0 Å². The molecule has 2 unspecified atom stereocenters. The second-order valence-corrected chi connectivity index (χ2v) is 8.43. The molecule has 2 N–H and O–H groups in total. The van der Waals surface area contributed by atoms with E-state index in [9.17, 15) is 23.2 Å². The molecule has 1 fully saturated rings. The van der Waals surface area contributed by atoms with Gasteiger partial charge < -0.3 is 20.1 Å². The Morgan fingerprint density at radius 2 is 1.64 bits per heavy atom. The maximum Gasteiger partial charge on any atom is 0.407 e. The Hall–Kier alpha value is -3.49.